The molecule has 1 aromatic heterocycles. The molecule has 1 aromatic rings. The van der Waals surface area contributed by atoms with E-state index in [0.717, 1.165) is 0 Å². The molecule has 12 heavy (non-hydrogen) atoms. The Morgan fingerprint density at radius 2 is 2.50 bits per heavy atom. The molecule has 0 fully saturated rings. The first-order chi connectivity index (χ1) is 5.79. The van der Waals surface area contributed by atoms with E-state index in [2.05, 4.69) is 4.98 Å². The van der Waals surface area contributed by atoms with E-state index in [1.165, 1.54) is 19.5 Å². The van der Waals surface area contributed by atoms with E-state index in [-0.39, 0.29) is 0 Å². The lowest BCUT2D eigenvalue weighted by Crippen LogP contribution is -2.01. The molecule has 0 aliphatic carbocycles. The molecule has 4 heteroatoms. The van der Waals surface area contributed by atoms with Gasteiger partial charge in [-0.1, -0.05) is 0 Å². The van der Waals surface area contributed by atoms with Crippen molar-refractivity contribution >= 4 is 6.29 Å². The minimum atomic E-state index is -1.16. The van der Waals surface area contributed by atoms with E-state index in [9.17, 15) is 4.79 Å². The summed E-state index contributed by atoms with van der Waals surface area (Å²) in [4.78, 5) is 14.0. The van der Waals surface area contributed by atoms with Crippen LogP contribution in [0.4, 0.5) is 0 Å². The van der Waals surface area contributed by atoms with Gasteiger partial charge < -0.3 is 14.6 Å². The Bertz CT molecular complexity index is 275. The first kappa shape index (κ1) is 8.67. The fourth-order valence-electron chi connectivity index (χ4n) is 0.875. The number of nitrogens with zero attached hydrogens (tertiary/aromatic N) is 1. The molecule has 0 spiro atoms. The Morgan fingerprint density at radius 1 is 1.75 bits per heavy atom. The minimum Gasteiger partial charge on any atom is -0.496 e. The summed E-state index contributed by atoms with van der Waals surface area (Å²) in [6.07, 6.45) is 2.20. The van der Waals surface area contributed by atoms with Crippen LogP contribution in [0.25, 0.3) is 0 Å². The molecule has 1 unspecified atom stereocenters. The second-order valence-corrected chi connectivity index (χ2v) is 2.20. The van der Waals surface area contributed by atoms with E-state index in [1.54, 1.807) is 6.07 Å². The zero-order valence-electron chi connectivity index (χ0n) is 6.60. The molecule has 4 nitrogen and oxygen atoms in total. The number of hydrogen-bond donors (Lipinski definition) is 1. The number of aliphatic hydroxyl groups is 1. The van der Waals surface area contributed by atoms with E-state index in [4.69, 9.17) is 9.84 Å². The van der Waals surface area contributed by atoms with E-state index < -0.39 is 6.10 Å². The van der Waals surface area contributed by atoms with Gasteiger partial charge in [0, 0.05) is 18.0 Å². The number of pyridine rings is 1. The number of ether oxygens (including phenoxy) is 1. The van der Waals surface area contributed by atoms with Crippen molar-refractivity contribution < 1.29 is 14.6 Å². The molecule has 1 heterocycles. The molecule has 0 saturated heterocycles. The largest absolute Gasteiger partial charge is 0.496 e. The fraction of sp³-hybridized carbons (Fsp3) is 0.250. The van der Waals surface area contributed by atoms with Crippen LogP contribution in [0.5, 0.6) is 5.75 Å². The third-order valence-electron chi connectivity index (χ3n) is 1.48. The predicted octanol–water partition coefficient (Wildman–Crippen LogP) is 0.322. The minimum absolute atomic E-state index is 0.384. The summed E-state index contributed by atoms with van der Waals surface area (Å²) < 4.78 is 4.91. The second kappa shape index (κ2) is 3.82. The zero-order chi connectivity index (χ0) is 8.97. The van der Waals surface area contributed by atoms with Gasteiger partial charge >= 0.3 is 0 Å². The van der Waals surface area contributed by atoms with Gasteiger partial charge in [-0.05, 0) is 6.07 Å². The van der Waals surface area contributed by atoms with Gasteiger partial charge in [0.15, 0.2) is 6.29 Å². The SMILES string of the molecule is COc1ccncc1C(O)C=O. The number of rotatable bonds is 3. The van der Waals surface area contributed by atoms with Crippen molar-refractivity contribution in [1.82, 2.24) is 4.98 Å². The molecule has 1 N–H and O–H groups in total. The van der Waals surface area contributed by atoms with Gasteiger partial charge in [0.1, 0.15) is 11.9 Å². The lowest BCUT2D eigenvalue weighted by molar-refractivity contribution is -0.115. The third-order valence-corrected chi connectivity index (χ3v) is 1.48. The Balaban J connectivity index is 3.04. The monoisotopic (exact) mass is 167 g/mol. The molecule has 1 atom stereocenters. The number of aromatic nitrogens is 1. The van der Waals surface area contributed by atoms with Crippen molar-refractivity contribution in [2.75, 3.05) is 7.11 Å². The number of aldehydes is 1. The number of methoxy groups -OCH3 is 1. The topological polar surface area (TPSA) is 59.4 Å². The van der Waals surface area contributed by atoms with Gasteiger partial charge in [-0.25, -0.2) is 0 Å². The number of aliphatic hydroxyl groups excluding tert-OH is 1. The number of carbonyl (C=O) groups is 1. The van der Waals surface area contributed by atoms with Crippen molar-refractivity contribution in [3.05, 3.63) is 24.0 Å². The molecule has 0 aliphatic rings. The van der Waals surface area contributed by atoms with Crippen LogP contribution in [0.3, 0.4) is 0 Å². The Labute approximate surface area is 69.8 Å². The summed E-state index contributed by atoms with van der Waals surface area (Å²) in [6, 6.07) is 1.59. The number of hydrogen-bond acceptors (Lipinski definition) is 4. The van der Waals surface area contributed by atoms with Crippen LogP contribution < -0.4 is 4.74 Å². The van der Waals surface area contributed by atoms with Crippen molar-refractivity contribution in [1.29, 1.82) is 0 Å². The molecular weight excluding hydrogens is 158 g/mol. The molecule has 0 amide bonds. The summed E-state index contributed by atoms with van der Waals surface area (Å²) in [7, 11) is 1.47. The highest BCUT2D eigenvalue weighted by atomic mass is 16.5. The molecular formula is C8H9NO3. The van der Waals surface area contributed by atoms with E-state index in [0.29, 0.717) is 17.6 Å². The maximum absolute atomic E-state index is 10.2. The van der Waals surface area contributed by atoms with Crippen molar-refractivity contribution in [3.8, 4) is 5.75 Å². The van der Waals surface area contributed by atoms with Gasteiger partial charge in [-0.2, -0.15) is 0 Å². The van der Waals surface area contributed by atoms with E-state index >= 15 is 0 Å². The first-order valence-electron chi connectivity index (χ1n) is 3.41. The molecule has 0 radical (unpaired) electrons. The van der Waals surface area contributed by atoms with Crippen LogP contribution in [-0.4, -0.2) is 23.5 Å². The first-order valence-corrected chi connectivity index (χ1v) is 3.41. The van der Waals surface area contributed by atoms with Gasteiger partial charge in [-0.15, -0.1) is 0 Å². The maximum Gasteiger partial charge on any atom is 0.153 e. The van der Waals surface area contributed by atoms with Crippen molar-refractivity contribution in [2.24, 2.45) is 0 Å². The van der Waals surface area contributed by atoms with Crippen molar-refractivity contribution in [2.45, 2.75) is 6.10 Å². The lowest BCUT2D eigenvalue weighted by Gasteiger charge is -2.07. The highest BCUT2D eigenvalue weighted by molar-refractivity contribution is 5.61. The summed E-state index contributed by atoms with van der Waals surface area (Å²) >= 11 is 0. The van der Waals surface area contributed by atoms with Gasteiger partial charge in [-0.3, -0.25) is 4.98 Å². The van der Waals surface area contributed by atoms with Gasteiger partial charge in [0.05, 0.1) is 7.11 Å². The van der Waals surface area contributed by atoms with Crippen LogP contribution in [0.2, 0.25) is 0 Å². The standard InChI is InChI=1S/C8H9NO3/c1-12-8-2-3-9-4-6(8)7(11)5-10/h2-5,7,11H,1H3. The summed E-state index contributed by atoms with van der Waals surface area (Å²) in [5, 5.41) is 9.15. The van der Waals surface area contributed by atoms with Gasteiger partial charge in [0.25, 0.3) is 0 Å². The Hall–Kier alpha value is -1.42. The Morgan fingerprint density at radius 3 is 3.08 bits per heavy atom. The molecule has 0 saturated carbocycles. The number of carbonyl (C=O) groups excluding carboxylic acids is 1. The Kier molecular flexibility index (Phi) is 2.76. The average molecular weight is 167 g/mol. The van der Waals surface area contributed by atoms with Crippen LogP contribution >= 0.6 is 0 Å². The molecule has 64 valence electrons. The third kappa shape index (κ3) is 1.60. The normalized spacial score (nSPS) is 12.2. The van der Waals surface area contributed by atoms with Crippen LogP contribution in [-0.2, 0) is 4.79 Å². The molecule has 0 aromatic carbocycles. The van der Waals surface area contributed by atoms with Crippen LogP contribution in [0.1, 0.15) is 11.7 Å². The second-order valence-electron chi connectivity index (χ2n) is 2.20. The molecule has 0 bridgehead atoms. The quantitative estimate of drug-likeness (QED) is 0.659. The van der Waals surface area contributed by atoms with Crippen LogP contribution in [0, 0.1) is 0 Å². The van der Waals surface area contributed by atoms with Crippen molar-refractivity contribution in [3.63, 3.8) is 0 Å². The average Bonchev–Trinajstić information content (AvgIpc) is 2.16. The molecule has 1 rings (SSSR count). The lowest BCUT2D eigenvalue weighted by atomic mass is 10.1. The fourth-order valence-corrected chi connectivity index (χ4v) is 0.875. The molecule has 0 aliphatic heterocycles. The van der Waals surface area contributed by atoms with E-state index in [1.807, 2.05) is 0 Å². The highest BCUT2D eigenvalue weighted by Gasteiger charge is 2.10. The van der Waals surface area contributed by atoms with Gasteiger partial charge in [0.2, 0.25) is 0 Å². The highest BCUT2D eigenvalue weighted by Crippen LogP contribution is 2.21. The van der Waals surface area contributed by atoms with Crippen LogP contribution in [0.15, 0.2) is 18.5 Å². The summed E-state index contributed by atoms with van der Waals surface area (Å²) in [6.45, 7) is 0. The zero-order valence-corrected chi connectivity index (χ0v) is 6.60. The smallest absolute Gasteiger partial charge is 0.153 e. The predicted molar refractivity (Wildman–Crippen MR) is 41.8 cm³/mol. The summed E-state index contributed by atoms with van der Waals surface area (Å²) in [5.74, 6) is 0.463. The maximum atomic E-state index is 10.2. The summed E-state index contributed by atoms with van der Waals surface area (Å²) in [5.41, 5.74) is 0.384.